The molecule has 0 aliphatic heterocycles. The molecule has 7 heteroatoms. The maximum absolute atomic E-state index is 12.1. The summed E-state index contributed by atoms with van der Waals surface area (Å²) in [6.45, 7) is 0. The molecule has 2 aromatic rings. The van der Waals surface area contributed by atoms with Crippen molar-refractivity contribution in [2.24, 2.45) is 0 Å². The lowest BCUT2D eigenvalue weighted by Gasteiger charge is -1.98. The molecule has 0 spiro atoms. The predicted octanol–water partition coefficient (Wildman–Crippen LogP) is 1.07. The van der Waals surface area contributed by atoms with E-state index in [0.717, 1.165) is 0 Å². The van der Waals surface area contributed by atoms with E-state index in [1.807, 2.05) is 0 Å². The Morgan fingerprint density at radius 1 is 1.50 bits per heavy atom. The van der Waals surface area contributed by atoms with Crippen LogP contribution in [0.2, 0.25) is 0 Å². The molecular formula is C11H11N3O3S. The van der Waals surface area contributed by atoms with Crippen LogP contribution in [0.3, 0.4) is 0 Å². The predicted molar refractivity (Wildman–Crippen MR) is 67.3 cm³/mol. The van der Waals surface area contributed by atoms with Crippen molar-refractivity contribution in [3.63, 3.8) is 0 Å². The number of esters is 1. The molecule has 0 radical (unpaired) electrons. The van der Waals surface area contributed by atoms with Crippen molar-refractivity contribution in [3.8, 4) is 5.82 Å². The minimum atomic E-state index is -0.657. The molecule has 0 saturated heterocycles. The molecule has 0 aliphatic rings. The van der Waals surface area contributed by atoms with E-state index in [1.165, 1.54) is 23.6 Å². The number of pyridine rings is 1. The minimum absolute atomic E-state index is 0.00402. The van der Waals surface area contributed by atoms with Gasteiger partial charge in [-0.2, -0.15) is 4.68 Å². The highest BCUT2D eigenvalue weighted by molar-refractivity contribution is 7.98. The van der Waals surface area contributed by atoms with Gasteiger partial charge in [-0.05, 0) is 18.4 Å². The maximum atomic E-state index is 12.1. The Morgan fingerprint density at radius 2 is 2.28 bits per heavy atom. The number of nitrogens with one attached hydrogen (secondary N) is 1. The molecule has 0 aromatic carbocycles. The van der Waals surface area contributed by atoms with E-state index in [9.17, 15) is 9.59 Å². The number of ether oxygens (including phenoxy) is 1. The van der Waals surface area contributed by atoms with Crippen molar-refractivity contribution >= 4 is 17.7 Å². The fraction of sp³-hybridized carbons (Fsp3) is 0.182. The SMILES string of the molecule is COC(=O)c1c(SC)[nH]n(-c2ccccn2)c1=O. The van der Waals surface area contributed by atoms with Crippen molar-refractivity contribution < 1.29 is 9.53 Å². The molecule has 1 N–H and O–H groups in total. The van der Waals surface area contributed by atoms with Gasteiger partial charge in [-0.3, -0.25) is 9.89 Å². The number of aromatic nitrogens is 3. The monoisotopic (exact) mass is 265 g/mol. The fourth-order valence-corrected chi connectivity index (χ4v) is 2.05. The summed E-state index contributed by atoms with van der Waals surface area (Å²) in [6, 6.07) is 5.17. The van der Waals surface area contributed by atoms with E-state index in [1.54, 1.807) is 30.7 Å². The molecule has 2 rings (SSSR count). The molecule has 6 nitrogen and oxygen atoms in total. The van der Waals surface area contributed by atoms with Crippen LogP contribution in [-0.2, 0) is 4.74 Å². The molecule has 2 aromatic heterocycles. The van der Waals surface area contributed by atoms with Gasteiger partial charge in [0.1, 0.15) is 5.03 Å². The molecule has 0 aliphatic carbocycles. The summed E-state index contributed by atoms with van der Waals surface area (Å²) < 4.78 is 5.82. The average Bonchev–Trinajstić information content (AvgIpc) is 2.76. The van der Waals surface area contributed by atoms with E-state index >= 15 is 0 Å². The molecule has 0 bridgehead atoms. The van der Waals surface area contributed by atoms with Crippen molar-refractivity contribution in [1.29, 1.82) is 0 Å². The van der Waals surface area contributed by atoms with E-state index < -0.39 is 11.5 Å². The summed E-state index contributed by atoms with van der Waals surface area (Å²) in [5, 5.41) is 3.29. The maximum Gasteiger partial charge on any atom is 0.346 e. The van der Waals surface area contributed by atoms with E-state index in [0.29, 0.717) is 10.8 Å². The minimum Gasteiger partial charge on any atom is -0.465 e. The van der Waals surface area contributed by atoms with Crippen LogP contribution in [0, 0.1) is 0 Å². The van der Waals surface area contributed by atoms with Gasteiger partial charge >= 0.3 is 5.97 Å². The lowest BCUT2D eigenvalue weighted by Crippen LogP contribution is -2.21. The Bertz CT molecular complexity index is 618. The molecule has 0 amide bonds. The number of rotatable bonds is 3. The van der Waals surface area contributed by atoms with Crippen LogP contribution in [0.15, 0.2) is 34.2 Å². The van der Waals surface area contributed by atoms with Gasteiger partial charge in [0.25, 0.3) is 5.56 Å². The van der Waals surface area contributed by atoms with E-state index in [2.05, 4.69) is 14.8 Å². The van der Waals surface area contributed by atoms with Gasteiger partial charge in [0.15, 0.2) is 11.4 Å². The van der Waals surface area contributed by atoms with Gasteiger partial charge in [0.05, 0.1) is 7.11 Å². The van der Waals surface area contributed by atoms with Crippen LogP contribution in [0.1, 0.15) is 10.4 Å². The fourth-order valence-electron chi connectivity index (χ4n) is 1.49. The second kappa shape index (κ2) is 5.09. The molecule has 0 atom stereocenters. The Morgan fingerprint density at radius 3 is 2.83 bits per heavy atom. The summed E-state index contributed by atoms with van der Waals surface area (Å²) in [5.41, 5.74) is -0.472. The summed E-state index contributed by atoms with van der Waals surface area (Å²) >= 11 is 1.26. The first-order valence-electron chi connectivity index (χ1n) is 5.07. The lowest BCUT2D eigenvalue weighted by atomic mass is 10.3. The second-order valence-electron chi connectivity index (χ2n) is 3.34. The van der Waals surface area contributed by atoms with Crippen LogP contribution < -0.4 is 5.56 Å². The number of aromatic amines is 1. The molecule has 18 heavy (non-hydrogen) atoms. The molecule has 2 heterocycles. The first kappa shape index (κ1) is 12.4. The first-order valence-corrected chi connectivity index (χ1v) is 6.30. The number of methoxy groups -OCH3 is 1. The number of nitrogens with zero attached hydrogens (tertiary/aromatic N) is 2. The standard InChI is InChI=1S/C11H11N3O3S/c1-17-11(16)8-9(18-2)13-14(10(8)15)7-5-3-4-6-12-7/h3-6,13H,1-2H3. The topological polar surface area (TPSA) is 77.0 Å². The van der Waals surface area contributed by atoms with Crippen molar-refractivity contribution in [2.75, 3.05) is 13.4 Å². The van der Waals surface area contributed by atoms with Crippen molar-refractivity contribution in [1.82, 2.24) is 14.8 Å². The molecule has 0 saturated carbocycles. The van der Waals surface area contributed by atoms with Gasteiger partial charge in [-0.1, -0.05) is 6.07 Å². The van der Waals surface area contributed by atoms with Crippen molar-refractivity contribution in [3.05, 3.63) is 40.3 Å². The highest BCUT2D eigenvalue weighted by Gasteiger charge is 2.22. The smallest absolute Gasteiger partial charge is 0.346 e. The van der Waals surface area contributed by atoms with Gasteiger partial charge in [0, 0.05) is 6.20 Å². The normalized spacial score (nSPS) is 10.3. The third-order valence-corrected chi connectivity index (χ3v) is 3.03. The first-order chi connectivity index (χ1) is 8.69. The van der Waals surface area contributed by atoms with Crippen LogP contribution in [0.4, 0.5) is 0 Å². The van der Waals surface area contributed by atoms with Crippen LogP contribution in [-0.4, -0.2) is 34.1 Å². The highest BCUT2D eigenvalue weighted by Crippen LogP contribution is 2.16. The molecule has 94 valence electrons. The van der Waals surface area contributed by atoms with Crippen LogP contribution >= 0.6 is 11.8 Å². The lowest BCUT2D eigenvalue weighted by molar-refractivity contribution is 0.0595. The van der Waals surface area contributed by atoms with Crippen LogP contribution in [0.25, 0.3) is 5.82 Å². The summed E-state index contributed by atoms with van der Waals surface area (Å²) in [5.74, 6) is -0.233. The Kier molecular flexibility index (Phi) is 3.52. The van der Waals surface area contributed by atoms with Gasteiger partial charge in [-0.25, -0.2) is 9.78 Å². The number of carbonyl (C=O) groups is 1. The average molecular weight is 265 g/mol. The summed E-state index contributed by atoms with van der Waals surface area (Å²) in [6.07, 6.45) is 3.33. The van der Waals surface area contributed by atoms with Crippen molar-refractivity contribution in [2.45, 2.75) is 5.03 Å². The zero-order chi connectivity index (χ0) is 13.1. The quantitative estimate of drug-likeness (QED) is 0.663. The molecule has 0 fully saturated rings. The third-order valence-electron chi connectivity index (χ3n) is 2.33. The van der Waals surface area contributed by atoms with E-state index in [-0.39, 0.29) is 5.56 Å². The number of hydrogen-bond donors (Lipinski definition) is 1. The number of thioether (sulfide) groups is 1. The van der Waals surface area contributed by atoms with Gasteiger partial charge in [0.2, 0.25) is 0 Å². The zero-order valence-electron chi connectivity index (χ0n) is 9.84. The summed E-state index contributed by atoms with van der Waals surface area (Å²) in [4.78, 5) is 27.8. The largest absolute Gasteiger partial charge is 0.465 e. The zero-order valence-corrected chi connectivity index (χ0v) is 10.7. The van der Waals surface area contributed by atoms with Gasteiger partial charge < -0.3 is 4.74 Å². The van der Waals surface area contributed by atoms with Gasteiger partial charge in [-0.15, -0.1) is 11.8 Å². The van der Waals surface area contributed by atoms with Crippen LogP contribution in [0.5, 0.6) is 0 Å². The number of H-pyrrole nitrogens is 1. The highest BCUT2D eigenvalue weighted by atomic mass is 32.2. The third kappa shape index (κ3) is 2.04. The Hall–Kier alpha value is -2.02. The molecule has 0 unspecified atom stereocenters. The van der Waals surface area contributed by atoms with E-state index in [4.69, 9.17) is 0 Å². The Balaban J connectivity index is 2.62. The second-order valence-corrected chi connectivity index (χ2v) is 4.16. The number of hydrogen-bond acceptors (Lipinski definition) is 5. The Labute approximate surface area is 107 Å². The summed E-state index contributed by atoms with van der Waals surface area (Å²) in [7, 11) is 1.24. The molecular weight excluding hydrogens is 254 g/mol. The number of carbonyl (C=O) groups excluding carboxylic acids is 1.